The second-order valence-electron chi connectivity index (χ2n) is 5.55. The van der Waals surface area contributed by atoms with E-state index < -0.39 is 10.8 Å². The minimum Gasteiger partial charge on any atom is -0.305 e. The van der Waals surface area contributed by atoms with E-state index >= 15 is 0 Å². The van der Waals surface area contributed by atoms with E-state index in [0.29, 0.717) is 11.3 Å². The maximum atomic E-state index is 12.5. The number of benzene rings is 2. The van der Waals surface area contributed by atoms with E-state index in [2.05, 4.69) is 23.9 Å². The summed E-state index contributed by atoms with van der Waals surface area (Å²) in [4.78, 5) is 27.4. The number of non-ortho nitro benzene ring substituents is 1. The predicted octanol–water partition coefficient (Wildman–Crippen LogP) is 3.55. The average Bonchev–Trinajstić information content (AvgIpc) is 2.98. The number of aromatic nitrogens is 1. The molecule has 0 aliphatic rings. The lowest BCUT2D eigenvalue weighted by molar-refractivity contribution is -0.384. The first kappa shape index (κ1) is 17.6. The number of nitro benzene ring substituents is 1. The first-order valence-electron chi connectivity index (χ1n) is 7.92. The fraction of sp³-hybridized carbons (Fsp3) is 0.158. The molecule has 130 valence electrons. The van der Waals surface area contributed by atoms with Gasteiger partial charge in [-0.05, 0) is 36.2 Å². The second-order valence-corrected chi connectivity index (χ2v) is 6.56. The molecule has 6 nitrogen and oxygen atoms in total. The van der Waals surface area contributed by atoms with Crippen LogP contribution in [0.5, 0.6) is 0 Å². The molecule has 0 atom stereocenters. The molecule has 0 unspecified atom stereocenters. The highest BCUT2D eigenvalue weighted by Crippen LogP contribution is 2.20. The van der Waals surface area contributed by atoms with Crippen LogP contribution in [0.4, 0.5) is 5.69 Å². The van der Waals surface area contributed by atoms with Gasteiger partial charge >= 0.3 is 0 Å². The second kappa shape index (κ2) is 7.33. The van der Waals surface area contributed by atoms with E-state index in [1.807, 2.05) is 16.7 Å². The summed E-state index contributed by atoms with van der Waals surface area (Å²) in [5.74, 6) is 2.12. The topological polar surface area (TPSA) is 77.5 Å². The lowest BCUT2D eigenvalue weighted by atomic mass is 10.2. The zero-order valence-electron chi connectivity index (χ0n) is 14.0. The summed E-state index contributed by atoms with van der Waals surface area (Å²) in [6.07, 6.45) is 6.38. The minimum atomic E-state index is -0.510. The molecule has 0 aliphatic carbocycles. The molecule has 3 aromatic rings. The van der Waals surface area contributed by atoms with E-state index in [1.54, 1.807) is 0 Å². The summed E-state index contributed by atoms with van der Waals surface area (Å²) in [7, 11) is 0. The molecule has 26 heavy (non-hydrogen) atoms. The molecule has 1 heterocycles. The molecule has 1 aromatic heterocycles. The molecule has 7 heteroatoms. The summed E-state index contributed by atoms with van der Waals surface area (Å²) >= 11 is 1.40. The smallest absolute Gasteiger partial charge is 0.279 e. The van der Waals surface area contributed by atoms with Crippen molar-refractivity contribution in [2.75, 3.05) is 0 Å². The summed E-state index contributed by atoms with van der Waals surface area (Å²) in [5, 5.41) is 10.7. The van der Waals surface area contributed by atoms with Crippen molar-refractivity contribution in [3.63, 3.8) is 0 Å². The van der Waals surface area contributed by atoms with Crippen molar-refractivity contribution < 1.29 is 9.72 Å². The first-order valence-corrected chi connectivity index (χ1v) is 8.74. The first-order chi connectivity index (χ1) is 12.5. The van der Waals surface area contributed by atoms with Crippen LogP contribution in [0.2, 0.25) is 0 Å². The van der Waals surface area contributed by atoms with Crippen LogP contribution < -0.4 is 4.80 Å². The molecule has 0 aliphatic heterocycles. The SMILES string of the molecule is C#CCn1c(=NC(=O)c2ccc([N+](=O)[O-])cc2)sc2cc(CC)ccc21. The van der Waals surface area contributed by atoms with Gasteiger partial charge in [0.15, 0.2) is 4.80 Å². The number of fused-ring (bicyclic) bond motifs is 1. The number of nitrogens with zero attached hydrogens (tertiary/aromatic N) is 3. The molecule has 0 fully saturated rings. The molecule has 3 rings (SSSR count). The highest BCUT2D eigenvalue weighted by Gasteiger charge is 2.11. The van der Waals surface area contributed by atoms with Gasteiger partial charge in [-0.15, -0.1) is 6.42 Å². The standard InChI is InChI=1S/C19H15N3O3S/c1-3-11-21-16-10-5-13(4-2)12-17(16)26-19(21)20-18(23)14-6-8-15(9-7-14)22(24)25/h1,5-10,12H,4,11H2,2H3. The van der Waals surface area contributed by atoms with Gasteiger partial charge in [0, 0.05) is 17.7 Å². The van der Waals surface area contributed by atoms with Crippen molar-refractivity contribution in [3.05, 3.63) is 68.5 Å². The third-order valence-corrected chi connectivity index (χ3v) is 4.97. The molecule has 1 amide bonds. The number of thiazole rings is 1. The van der Waals surface area contributed by atoms with E-state index in [0.717, 1.165) is 16.6 Å². The number of amides is 1. The van der Waals surface area contributed by atoms with Crippen molar-refractivity contribution in [2.45, 2.75) is 19.9 Å². The lowest BCUT2D eigenvalue weighted by Crippen LogP contribution is -2.16. The number of carbonyl (C=O) groups is 1. The van der Waals surface area contributed by atoms with Crippen molar-refractivity contribution in [1.29, 1.82) is 0 Å². The Hall–Kier alpha value is -3.24. The van der Waals surface area contributed by atoms with Crippen molar-refractivity contribution >= 4 is 33.1 Å². The molecule has 2 aromatic carbocycles. The van der Waals surface area contributed by atoms with Crippen LogP contribution in [0, 0.1) is 22.5 Å². The van der Waals surface area contributed by atoms with Crippen LogP contribution >= 0.6 is 11.3 Å². The molecule has 0 saturated carbocycles. The monoisotopic (exact) mass is 365 g/mol. The third-order valence-electron chi connectivity index (χ3n) is 3.93. The molecule has 0 spiro atoms. The summed E-state index contributed by atoms with van der Waals surface area (Å²) in [6.45, 7) is 2.38. The summed E-state index contributed by atoms with van der Waals surface area (Å²) in [5.41, 5.74) is 2.34. The Kier molecular flexibility index (Phi) is 4.96. The van der Waals surface area contributed by atoms with Crippen molar-refractivity contribution in [1.82, 2.24) is 4.57 Å². The van der Waals surface area contributed by atoms with Gasteiger partial charge in [0.05, 0.1) is 21.7 Å². The maximum Gasteiger partial charge on any atom is 0.279 e. The summed E-state index contributed by atoms with van der Waals surface area (Å²) < 4.78 is 2.83. The van der Waals surface area contributed by atoms with E-state index in [4.69, 9.17) is 6.42 Å². The Bertz CT molecular complexity index is 1100. The molecule has 0 bridgehead atoms. The number of hydrogen-bond acceptors (Lipinski definition) is 4. The Labute approximate surface area is 153 Å². The number of aryl methyl sites for hydroxylation is 1. The Morgan fingerprint density at radius 2 is 2.04 bits per heavy atom. The van der Waals surface area contributed by atoms with Gasteiger partial charge in [0.25, 0.3) is 11.6 Å². The largest absolute Gasteiger partial charge is 0.305 e. The minimum absolute atomic E-state index is 0.0714. The zero-order chi connectivity index (χ0) is 18.7. The van der Waals surface area contributed by atoms with Gasteiger partial charge < -0.3 is 4.57 Å². The molecule has 0 N–H and O–H groups in total. The molecule has 0 saturated heterocycles. The van der Waals surface area contributed by atoms with Crippen LogP contribution in [0.3, 0.4) is 0 Å². The Morgan fingerprint density at radius 3 is 2.65 bits per heavy atom. The zero-order valence-corrected chi connectivity index (χ0v) is 14.8. The van der Waals surface area contributed by atoms with Crippen LogP contribution in [0.25, 0.3) is 10.2 Å². The summed E-state index contributed by atoms with van der Waals surface area (Å²) in [6, 6.07) is 11.5. The van der Waals surface area contributed by atoms with Crippen LogP contribution in [0.1, 0.15) is 22.8 Å². The van der Waals surface area contributed by atoms with Gasteiger partial charge in [-0.25, -0.2) is 0 Å². The van der Waals surface area contributed by atoms with Crippen molar-refractivity contribution in [3.8, 4) is 12.3 Å². The molecular formula is C19H15N3O3S. The average molecular weight is 365 g/mol. The number of hydrogen-bond donors (Lipinski definition) is 0. The van der Waals surface area contributed by atoms with Crippen molar-refractivity contribution in [2.24, 2.45) is 4.99 Å². The Morgan fingerprint density at radius 1 is 1.31 bits per heavy atom. The van der Waals surface area contributed by atoms with E-state index in [9.17, 15) is 14.9 Å². The van der Waals surface area contributed by atoms with E-state index in [-0.39, 0.29) is 11.3 Å². The molecular weight excluding hydrogens is 350 g/mol. The normalized spacial score (nSPS) is 11.5. The Balaban J connectivity index is 2.07. The van der Waals surface area contributed by atoms with Crippen LogP contribution in [-0.4, -0.2) is 15.4 Å². The van der Waals surface area contributed by atoms with Crippen LogP contribution in [-0.2, 0) is 13.0 Å². The highest BCUT2D eigenvalue weighted by molar-refractivity contribution is 7.16. The third kappa shape index (κ3) is 3.41. The lowest BCUT2D eigenvalue weighted by Gasteiger charge is -2.01. The van der Waals surface area contributed by atoms with Gasteiger partial charge in [0.1, 0.15) is 0 Å². The maximum absolute atomic E-state index is 12.5. The quantitative estimate of drug-likeness (QED) is 0.403. The number of terminal acetylenes is 1. The number of rotatable bonds is 4. The number of carbonyl (C=O) groups excluding carboxylic acids is 1. The fourth-order valence-electron chi connectivity index (χ4n) is 2.54. The molecule has 0 radical (unpaired) electrons. The van der Waals surface area contributed by atoms with Gasteiger partial charge in [-0.3, -0.25) is 14.9 Å². The van der Waals surface area contributed by atoms with Gasteiger partial charge in [-0.1, -0.05) is 30.2 Å². The van der Waals surface area contributed by atoms with Gasteiger partial charge in [-0.2, -0.15) is 4.99 Å². The predicted molar refractivity (Wildman–Crippen MR) is 101 cm³/mol. The fourth-order valence-corrected chi connectivity index (χ4v) is 3.64. The number of nitro groups is 1. The van der Waals surface area contributed by atoms with Crippen LogP contribution in [0.15, 0.2) is 47.5 Å². The van der Waals surface area contributed by atoms with Gasteiger partial charge in [0.2, 0.25) is 0 Å². The van der Waals surface area contributed by atoms with E-state index in [1.165, 1.54) is 41.2 Å². The highest BCUT2D eigenvalue weighted by atomic mass is 32.1.